The minimum absolute atomic E-state index is 0.0435. The van der Waals surface area contributed by atoms with E-state index in [1.54, 1.807) is 38.5 Å². The zero-order valence-electron chi connectivity index (χ0n) is 30.5. The second kappa shape index (κ2) is 22.2. The average Bonchev–Trinajstić information content (AvgIpc) is 3.20. The number of amides is 1. The molecule has 0 radical (unpaired) electrons. The van der Waals surface area contributed by atoms with Gasteiger partial charge in [0, 0.05) is 25.5 Å². The van der Waals surface area contributed by atoms with Gasteiger partial charge in [0.05, 0.1) is 69.0 Å². The van der Waals surface area contributed by atoms with E-state index in [0.717, 1.165) is 0 Å². The first-order valence-electron chi connectivity index (χ1n) is 16.9. The summed E-state index contributed by atoms with van der Waals surface area (Å²) in [6, 6.07) is 21.6. The molecule has 0 bridgehead atoms. The summed E-state index contributed by atoms with van der Waals surface area (Å²) in [5.41, 5.74) is 0.626. The van der Waals surface area contributed by atoms with Gasteiger partial charge >= 0.3 is 23.9 Å². The summed E-state index contributed by atoms with van der Waals surface area (Å²) in [7, 11) is 4.60. The highest BCUT2D eigenvalue weighted by Gasteiger charge is 2.19. The Bertz CT molecular complexity index is 1770. The minimum Gasteiger partial charge on any atom is -0.497 e. The molecule has 0 heterocycles. The van der Waals surface area contributed by atoms with E-state index in [4.69, 9.17) is 42.6 Å². The van der Waals surface area contributed by atoms with Crippen molar-refractivity contribution in [1.82, 2.24) is 0 Å². The second-order valence-corrected chi connectivity index (χ2v) is 11.3. The number of carbonyl (C=O) groups is 5. The van der Waals surface area contributed by atoms with E-state index < -0.39 is 29.8 Å². The van der Waals surface area contributed by atoms with E-state index in [0.29, 0.717) is 32.2 Å². The predicted molar refractivity (Wildman–Crippen MR) is 196 cm³/mol. The number of ether oxygens (including phenoxy) is 9. The van der Waals surface area contributed by atoms with Gasteiger partial charge in [0.2, 0.25) is 0 Å². The molecular formula is C40H41NO14. The molecular weight excluding hydrogens is 718 g/mol. The lowest BCUT2D eigenvalue weighted by Crippen LogP contribution is -2.16. The smallest absolute Gasteiger partial charge is 0.343 e. The van der Waals surface area contributed by atoms with Crippen molar-refractivity contribution >= 4 is 35.5 Å². The van der Waals surface area contributed by atoms with Crippen molar-refractivity contribution in [3.05, 3.63) is 119 Å². The Morgan fingerprint density at radius 2 is 0.836 bits per heavy atom. The minimum atomic E-state index is -0.870. The van der Waals surface area contributed by atoms with E-state index in [2.05, 4.69) is 5.32 Å². The number of benzene rings is 4. The molecule has 0 aromatic heterocycles. The normalized spacial score (nSPS) is 10.6. The predicted octanol–water partition coefficient (Wildman–Crippen LogP) is 5.03. The SMILES string of the molecule is COCCOCCOC(=O)c1ccc(OC(=O)c2cc(NC(=O)c3ccc(OC)cc3)cc(C(=O)Oc3ccc(C(=O)OCCOCCOC)cc3)c2)cc1. The molecule has 290 valence electrons. The van der Waals surface area contributed by atoms with Crippen LogP contribution in [0.3, 0.4) is 0 Å². The van der Waals surface area contributed by atoms with Gasteiger partial charge in [-0.1, -0.05) is 0 Å². The summed E-state index contributed by atoms with van der Waals surface area (Å²) in [6.07, 6.45) is 0. The lowest BCUT2D eigenvalue weighted by Gasteiger charge is -2.12. The molecule has 0 spiro atoms. The van der Waals surface area contributed by atoms with Crippen LogP contribution in [0, 0.1) is 0 Å². The summed E-state index contributed by atoms with van der Waals surface area (Å²) in [5, 5.41) is 2.69. The number of hydrogen-bond donors (Lipinski definition) is 1. The zero-order chi connectivity index (χ0) is 39.4. The number of esters is 4. The van der Waals surface area contributed by atoms with Crippen molar-refractivity contribution in [2.75, 3.05) is 79.5 Å². The Kier molecular flexibility index (Phi) is 16.8. The summed E-state index contributed by atoms with van der Waals surface area (Å²) < 4.78 is 46.9. The molecule has 0 unspecified atom stereocenters. The van der Waals surface area contributed by atoms with Gasteiger partial charge in [-0.2, -0.15) is 0 Å². The van der Waals surface area contributed by atoms with Crippen LogP contribution in [-0.4, -0.2) is 104 Å². The fourth-order valence-electron chi connectivity index (χ4n) is 4.57. The molecule has 4 rings (SSSR count). The maximum absolute atomic E-state index is 13.4. The third-order valence-electron chi connectivity index (χ3n) is 7.40. The van der Waals surface area contributed by atoms with Crippen molar-refractivity contribution in [2.24, 2.45) is 0 Å². The number of methoxy groups -OCH3 is 3. The highest BCUT2D eigenvalue weighted by Crippen LogP contribution is 2.23. The molecule has 15 heteroatoms. The van der Waals surface area contributed by atoms with E-state index >= 15 is 0 Å². The van der Waals surface area contributed by atoms with Crippen molar-refractivity contribution in [1.29, 1.82) is 0 Å². The molecule has 4 aromatic carbocycles. The summed E-state index contributed by atoms with van der Waals surface area (Å²) in [6.45, 7) is 2.08. The highest BCUT2D eigenvalue weighted by atomic mass is 16.6. The molecule has 0 aliphatic heterocycles. The van der Waals surface area contributed by atoms with Gasteiger partial charge < -0.3 is 47.9 Å². The zero-order valence-corrected chi connectivity index (χ0v) is 30.5. The number of anilines is 1. The molecule has 1 amide bonds. The third-order valence-corrected chi connectivity index (χ3v) is 7.40. The molecule has 0 aliphatic carbocycles. The van der Waals surface area contributed by atoms with Crippen LogP contribution in [0.15, 0.2) is 91.0 Å². The Morgan fingerprint density at radius 3 is 1.25 bits per heavy atom. The Labute approximate surface area is 317 Å². The molecule has 1 N–H and O–H groups in total. The van der Waals surface area contributed by atoms with Crippen molar-refractivity contribution in [3.63, 3.8) is 0 Å². The first kappa shape index (κ1) is 41.6. The van der Waals surface area contributed by atoms with Crippen molar-refractivity contribution in [3.8, 4) is 17.2 Å². The number of nitrogens with one attached hydrogen (secondary N) is 1. The van der Waals surface area contributed by atoms with E-state index in [1.165, 1.54) is 73.8 Å². The molecule has 15 nitrogen and oxygen atoms in total. The quantitative estimate of drug-likeness (QED) is 0.0679. The Morgan fingerprint density at radius 1 is 0.436 bits per heavy atom. The standard InChI is InChI=1S/C40H41NO14/c1-47-16-18-50-20-22-52-37(43)28-6-12-34(13-7-28)54-39(45)30-24-31(26-32(25-30)41-36(42)27-4-10-33(49-3)11-5-27)40(46)55-35-14-8-29(9-15-35)38(44)53-23-21-51-19-17-48-2/h4-15,24-26H,16-23H2,1-3H3,(H,41,42). The highest BCUT2D eigenvalue weighted by molar-refractivity contribution is 6.06. The molecule has 55 heavy (non-hydrogen) atoms. The Hall–Kier alpha value is -6.13. The molecule has 0 atom stereocenters. The van der Waals surface area contributed by atoms with Gasteiger partial charge in [-0.3, -0.25) is 4.79 Å². The molecule has 4 aromatic rings. The first-order valence-corrected chi connectivity index (χ1v) is 16.9. The lowest BCUT2D eigenvalue weighted by atomic mass is 10.1. The van der Waals surface area contributed by atoms with Gasteiger partial charge in [-0.15, -0.1) is 0 Å². The van der Waals surface area contributed by atoms with Crippen LogP contribution in [-0.2, 0) is 28.4 Å². The molecule has 0 saturated heterocycles. The maximum atomic E-state index is 13.4. The van der Waals surface area contributed by atoms with E-state index in [1.807, 2.05) is 0 Å². The first-order chi connectivity index (χ1) is 26.7. The number of rotatable bonds is 21. The molecule has 0 aliphatic rings. The van der Waals surface area contributed by atoms with Gasteiger partial charge in [0.1, 0.15) is 30.5 Å². The van der Waals surface area contributed by atoms with Crippen LogP contribution in [0.2, 0.25) is 0 Å². The topological polar surface area (TPSA) is 180 Å². The maximum Gasteiger partial charge on any atom is 0.343 e. The van der Waals surface area contributed by atoms with Crippen LogP contribution in [0.5, 0.6) is 17.2 Å². The Balaban J connectivity index is 1.45. The van der Waals surface area contributed by atoms with E-state index in [9.17, 15) is 24.0 Å². The lowest BCUT2D eigenvalue weighted by molar-refractivity contribution is 0.0209. The number of carbonyl (C=O) groups excluding carboxylic acids is 5. The van der Waals surface area contributed by atoms with Crippen LogP contribution in [0.1, 0.15) is 51.8 Å². The van der Waals surface area contributed by atoms with Gasteiger partial charge in [-0.05, 0) is 91.0 Å². The fraction of sp³-hybridized carbons (Fsp3) is 0.275. The van der Waals surface area contributed by atoms with Gasteiger partial charge in [-0.25, -0.2) is 19.2 Å². The largest absolute Gasteiger partial charge is 0.497 e. The van der Waals surface area contributed by atoms with Crippen molar-refractivity contribution in [2.45, 2.75) is 0 Å². The number of hydrogen-bond acceptors (Lipinski definition) is 14. The van der Waals surface area contributed by atoms with Crippen LogP contribution in [0.25, 0.3) is 0 Å². The van der Waals surface area contributed by atoms with Crippen LogP contribution < -0.4 is 19.5 Å². The third kappa shape index (κ3) is 13.7. The van der Waals surface area contributed by atoms with Gasteiger partial charge in [0.25, 0.3) is 5.91 Å². The second-order valence-electron chi connectivity index (χ2n) is 11.3. The fourth-order valence-corrected chi connectivity index (χ4v) is 4.57. The summed E-state index contributed by atoms with van der Waals surface area (Å²) in [4.78, 5) is 64.6. The molecule has 0 saturated carbocycles. The molecule has 0 fully saturated rings. The van der Waals surface area contributed by atoms with E-state index in [-0.39, 0.29) is 71.4 Å². The van der Waals surface area contributed by atoms with Crippen LogP contribution in [0.4, 0.5) is 5.69 Å². The van der Waals surface area contributed by atoms with Crippen molar-refractivity contribution < 1.29 is 66.6 Å². The van der Waals surface area contributed by atoms with Crippen LogP contribution >= 0.6 is 0 Å². The summed E-state index contributed by atoms with van der Waals surface area (Å²) >= 11 is 0. The van der Waals surface area contributed by atoms with Gasteiger partial charge in [0.15, 0.2) is 0 Å². The summed E-state index contributed by atoms with van der Waals surface area (Å²) in [5.74, 6) is -2.71. The average molecular weight is 760 g/mol. The monoisotopic (exact) mass is 759 g/mol.